The highest BCUT2D eigenvalue weighted by molar-refractivity contribution is 5.49. The summed E-state index contributed by atoms with van der Waals surface area (Å²) in [6.07, 6.45) is 1.56. The van der Waals surface area contributed by atoms with Crippen LogP contribution in [0.25, 0.3) is 11.5 Å². The molecule has 23 heavy (non-hydrogen) atoms. The van der Waals surface area contributed by atoms with Gasteiger partial charge in [0.25, 0.3) is 0 Å². The van der Waals surface area contributed by atoms with Crippen molar-refractivity contribution in [3.05, 3.63) is 65.3 Å². The van der Waals surface area contributed by atoms with Gasteiger partial charge in [0.1, 0.15) is 5.82 Å². The summed E-state index contributed by atoms with van der Waals surface area (Å²) in [5, 5.41) is 12.9. The molecule has 0 aliphatic heterocycles. The Morgan fingerprint density at radius 2 is 2.09 bits per heavy atom. The largest absolute Gasteiger partial charge is 0.461 e. The Hall–Kier alpha value is -2.91. The lowest BCUT2D eigenvalue weighted by Crippen LogP contribution is -2.18. The normalized spacial score (nSPS) is 10.9. The summed E-state index contributed by atoms with van der Waals surface area (Å²) in [4.78, 5) is 1.89. The van der Waals surface area contributed by atoms with Gasteiger partial charge >= 0.3 is 0 Å². The Morgan fingerprint density at radius 3 is 2.83 bits per heavy atom. The average molecular weight is 311 g/mol. The van der Waals surface area contributed by atoms with Crippen LogP contribution in [0.5, 0.6) is 0 Å². The first-order chi connectivity index (χ1) is 11.2. The van der Waals surface area contributed by atoms with Gasteiger partial charge in [0, 0.05) is 24.7 Å². The topological polar surface area (TPSA) is 66.2 Å². The number of furan rings is 1. The van der Waals surface area contributed by atoms with Gasteiger partial charge in [0.15, 0.2) is 5.76 Å². The molecular weight excluding hydrogens is 297 g/mol. The van der Waals surface area contributed by atoms with Gasteiger partial charge in [0.2, 0.25) is 5.76 Å². The molecule has 3 rings (SSSR count). The van der Waals surface area contributed by atoms with E-state index in [0.717, 1.165) is 5.69 Å². The summed E-state index contributed by atoms with van der Waals surface area (Å²) in [7, 11) is 1.85. The van der Waals surface area contributed by atoms with Crippen molar-refractivity contribution in [2.75, 3.05) is 7.05 Å². The minimum absolute atomic E-state index is 0.327. The molecule has 0 amide bonds. The summed E-state index contributed by atoms with van der Waals surface area (Å²) < 4.78 is 24.3. The van der Waals surface area contributed by atoms with Crippen LogP contribution in [0.2, 0.25) is 0 Å². The molecule has 0 aliphatic carbocycles. The molecule has 0 saturated heterocycles. The van der Waals surface area contributed by atoms with E-state index in [1.807, 2.05) is 18.0 Å². The first-order valence-corrected chi connectivity index (χ1v) is 7.02. The van der Waals surface area contributed by atoms with E-state index in [1.165, 1.54) is 12.1 Å². The Kier molecular flexibility index (Phi) is 4.22. The summed E-state index contributed by atoms with van der Waals surface area (Å²) in [6, 6.07) is 11.7. The fourth-order valence-corrected chi connectivity index (χ4v) is 2.31. The van der Waals surface area contributed by atoms with E-state index >= 15 is 0 Å². The number of halogens is 1. The first kappa shape index (κ1) is 15.0. The maximum atomic E-state index is 13.8. The monoisotopic (exact) mass is 311 g/mol. The van der Waals surface area contributed by atoms with E-state index in [2.05, 4.69) is 5.16 Å². The third kappa shape index (κ3) is 3.47. The number of nitrogens with zero attached hydrogens (tertiary/aromatic N) is 3. The molecule has 2 aromatic heterocycles. The number of rotatable bonds is 5. The van der Waals surface area contributed by atoms with Gasteiger partial charge in [-0.05, 0) is 37.4 Å². The number of benzene rings is 1. The second-order valence-corrected chi connectivity index (χ2v) is 5.25. The summed E-state index contributed by atoms with van der Waals surface area (Å²) in [5.41, 5.74) is 1.63. The molecular formula is C17H14FN3O2. The van der Waals surface area contributed by atoms with Crippen molar-refractivity contribution >= 4 is 0 Å². The Morgan fingerprint density at radius 1 is 1.22 bits per heavy atom. The molecule has 116 valence electrons. The zero-order valence-corrected chi connectivity index (χ0v) is 12.5. The molecule has 2 heterocycles. The van der Waals surface area contributed by atoms with Crippen LogP contribution >= 0.6 is 0 Å². The van der Waals surface area contributed by atoms with Crippen LogP contribution in [0.3, 0.4) is 0 Å². The van der Waals surface area contributed by atoms with E-state index in [9.17, 15) is 4.39 Å². The lowest BCUT2D eigenvalue weighted by molar-refractivity contribution is 0.299. The van der Waals surface area contributed by atoms with Gasteiger partial charge < -0.3 is 8.94 Å². The Bertz CT molecular complexity index is 834. The van der Waals surface area contributed by atoms with Crippen molar-refractivity contribution < 1.29 is 13.3 Å². The van der Waals surface area contributed by atoms with E-state index in [1.54, 1.807) is 30.5 Å². The van der Waals surface area contributed by atoms with E-state index < -0.39 is 0 Å². The highest BCUT2D eigenvalue weighted by atomic mass is 19.1. The number of aromatic nitrogens is 1. The molecule has 0 unspecified atom stereocenters. The molecule has 0 N–H and O–H groups in total. The van der Waals surface area contributed by atoms with E-state index in [-0.39, 0.29) is 5.82 Å². The lowest BCUT2D eigenvalue weighted by atomic mass is 10.1. The molecule has 0 spiro atoms. The van der Waals surface area contributed by atoms with Crippen LogP contribution in [-0.2, 0) is 13.1 Å². The van der Waals surface area contributed by atoms with Gasteiger partial charge in [-0.15, -0.1) is 0 Å². The molecule has 0 aliphatic rings. The summed E-state index contributed by atoms with van der Waals surface area (Å²) in [5.74, 6) is 0.836. The lowest BCUT2D eigenvalue weighted by Gasteiger charge is -2.15. The van der Waals surface area contributed by atoms with Gasteiger partial charge in [-0.3, -0.25) is 4.90 Å². The third-order valence-electron chi connectivity index (χ3n) is 3.37. The number of hydrogen-bond acceptors (Lipinski definition) is 5. The number of hydrogen-bond donors (Lipinski definition) is 0. The maximum Gasteiger partial charge on any atom is 0.202 e. The van der Waals surface area contributed by atoms with Crippen LogP contribution in [0.15, 0.2) is 51.6 Å². The predicted molar refractivity (Wildman–Crippen MR) is 80.5 cm³/mol. The zero-order chi connectivity index (χ0) is 16.2. The molecule has 5 nitrogen and oxygen atoms in total. The van der Waals surface area contributed by atoms with Crippen molar-refractivity contribution in [1.82, 2.24) is 10.1 Å². The molecule has 0 radical (unpaired) electrons. The average Bonchev–Trinajstić information content (AvgIpc) is 3.20. The maximum absolute atomic E-state index is 13.8. The third-order valence-corrected chi connectivity index (χ3v) is 3.37. The van der Waals surface area contributed by atoms with Crippen molar-refractivity contribution in [2.24, 2.45) is 0 Å². The van der Waals surface area contributed by atoms with Crippen LogP contribution in [-0.4, -0.2) is 17.1 Å². The molecule has 0 fully saturated rings. The summed E-state index contributed by atoms with van der Waals surface area (Å²) in [6.45, 7) is 0.852. The minimum atomic E-state index is -0.327. The predicted octanol–water partition coefficient (Wildman–Crippen LogP) is 3.58. The van der Waals surface area contributed by atoms with Gasteiger partial charge in [-0.25, -0.2) is 4.39 Å². The van der Waals surface area contributed by atoms with Gasteiger partial charge in [-0.1, -0.05) is 5.16 Å². The fraction of sp³-hybridized carbons (Fsp3) is 0.176. The molecule has 6 heteroatoms. The quantitative estimate of drug-likeness (QED) is 0.720. The molecule has 0 atom stereocenters. The minimum Gasteiger partial charge on any atom is -0.461 e. The molecule has 0 bridgehead atoms. The van der Waals surface area contributed by atoms with Crippen LogP contribution < -0.4 is 0 Å². The van der Waals surface area contributed by atoms with E-state index in [4.69, 9.17) is 14.2 Å². The van der Waals surface area contributed by atoms with Crippen molar-refractivity contribution in [3.63, 3.8) is 0 Å². The van der Waals surface area contributed by atoms with Gasteiger partial charge in [-0.2, -0.15) is 5.26 Å². The Balaban J connectivity index is 1.68. The first-order valence-electron chi connectivity index (χ1n) is 7.02. The standard InChI is InChI=1S/C17H14FN3O2/c1-21(10-13-7-12(9-19)4-5-15(13)18)11-14-8-17(23-20-14)16-3-2-6-22-16/h2-8H,10-11H2,1H3. The number of nitriles is 1. The van der Waals surface area contributed by atoms with Crippen molar-refractivity contribution in [2.45, 2.75) is 13.1 Å². The van der Waals surface area contributed by atoms with Crippen molar-refractivity contribution in [3.8, 4) is 17.6 Å². The molecule has 3 aromatic rings. The highest BCUT2D eigenvalue weighted by Crippen LogP contribution is 2.21. The fourth-order valence-electron chi connectivity index (χ4n) is 2.31. The summed E-state index contributed by atoms with van der Waals surface area (Å²) >= 11 is 0. The highest BCUT2D eigenvalue weighted by Gasteiger charge is 2.12. The SMILES string of the molecule is CN(Cc1cc(-c2ccco2)on1)Cc1cc(C#N)ccc1F. The van der Waals surface area contributed by atoms with Gasteiger partial charge in [0.05, 0.1) is 23.6 Å². The van der Waals surface area contributed by atoms with Crippen molar-refractivity contribution in [1.29, 1.82) is 5.26 Å². The zero-order valence-electron chi connectivity index (χ0n) is 12.5. The van der Waals surface area contributed by atoms with Crippen LogP contribution in [0.4, 0.5) is 4.39 Å². The molecule has 1 aromatic carbocycles. The second-order valence-electron chi connectivity index (χ2n) is 5.25. The second kappa shape index (κ2) is 6.46. The van der Waals surface area contributed by atoms with Crippen LogP contribution in [0, 0.1) is 17.1 Å². The van der Waals surface area contributed by atoms with E-state index in [0.29, 0.717) is 35.7 Å². The van der Waals surface area contributed by atoms with Crippen LogP contribution in [0.1, 0.15) is 16.8 Å². The smallest absolute Gasteiger partial charge is 0.202 e. The Labute approximate surface area is 132 Å². The molecule has 0 saturated carbocycles.